The highest BCUT2D eigenvalue weighted by atomic mass is 19.1. The van der Waals surface area contributed by atoms with Crippen molar-refractivity contribution in [3.8, 4) is 11.5 Å². The number of anilines is 1. The summed E-state index contributed by atoms with van der Waals surface area (Å²) in [7, 11) is 3.29. The molecule has 1 heterocycles. The Morgan fingerprint density at radius 1 is 0.893 bits per heavy atom. The van der Waals surface area contributed by atoms with Crippen LogP contribution in [0.3, 0.4) is 0 Å². The fraction of sp³-hybridized carbons (Fsp3) is 0.174. The van der Waals surface area contributed by atoms with E-state index in [-0.39, 0.29) is 11.9 Å². The second-order valence-corrected chi connectivity index (χ2v) is 6.59. The van der Waals surface area contributed by atoms with Crippen molar-refractivity contribution in [2.24, 2.45) is 5.10 Å². The molecule has 4 rings (SSSR count). The van der Waals surface area contributed by atoms with Crippen LogP contribution in [0.4, 0.5) is 10.1 Å². The number of nitrogens with zero attached hydrogens (tertiary/aromatic N) is 2. The van der Waals surface area contributed by atoms with E-state index in [0.29, 0.717) is 0 Å². The van der Waals surface area contributed by atoms with Gasteiger partial charge in [0.15, 0.2) is 0 Å². The molecule has 0 fully saturated rings. The first-order chi connectivity index (χ1) is 13.7. The first-order valence-corrected chi connectivity index (χ1v) is 9.08. The van der Waals surface area contributed by atoms with E-state index in [0.717, 1.165) is 40.4 Å². The number of benzene rings is 3. The Balaban J connectivity index is 1.71. The van der Waals surface area contributed by atoms with E-state index >= 15 is 0 Å². The predicted octanol–water partition coefficient (Wildman–Crippen LogP) is 5.20. The Morgan fingerprint density at radius 3 is 2.14 bits per heavy atom. The lowest BCUT2D eigenvalue weighted by Crippen LogP contribution is -2.18. The standard InChI is InChI=1S/C23H21FN2O2/c1-27-20-10-6-16(7-11-20)22-15-23(17-8-12-21(28-2)13-9-17)26(25-22)19-5-3-4-18(24)14-19/h3-14,23H,15H2,1-2H3/t23-/m0/s1. The summed E-state index contributed by atoms with van der Waals surface area (Å²) in [5.41, 5.74) is 3.80. The normalized spacial score (nSPS) is 16.0. The summed E-state index contributed by atoms with van der Waals surface area (Å²) in [6, 6.07) is 22.3. The summed E-state index contributed by atoms with van der Waals surface area (Å²) in [4.78, 5) is 0. The van der Waals surface area contributed by atoms with Crippen LogP contribution in [0.1, 0.15) is 23.6 Å². The third kappa shape index (κ3) is 3.56. The Bertz CT molecular complexity index is 984. The van der Waals surface area contributed by atoms with Crippen LogP contribution < -0.4 is 14.5 Å². The topological polar surface area (TPSA) is 34.1 Å². The number of methoxy groups -OCH3 is 2. The molecule has 0 saturated heterocycles. The van der Waals surface area contributed by atoms with Crippen LogP contribution in [0, 0.1) is 5.82 Å². The molecule has 0 spiro atoms. The Hall–Kier alpha value is -3.34. The Labute approximate surface area is 163 Å². The second kappa shape index (κ2) is 7.72. The van der Waals surface area contributed by atoms with E-state index in [2.05, 4.69) is 0 Å². The first-order valence-electron chi connectivity index (χ1n) is 9.08. The molecule has 4 nitrogen and oxygen atoms in total. The smallest absolute Gasteiger partial charge is 0.125 e. The third-order valence-corrected chi connectivity index (χ3v) is 4.91. The minimum absolute atomic E-state index is 0.0233. The summed E-state index contributed by atoms with van der Waals surface area (Å²) in [5.74, 6) is 1.32. The van der Waals surface area contributed by atoms with Gasteiger partial charge in [0.05, 0.1) is 31.7 Å². The fourth-order valence-corrected chi connectivity index (χ4v) is 3.41. The molecule has 28 heavy (non-hydrogen) atoms. The van der Waals surface area contributed by atoms with Crippen molar-refractivity contribution in [2.75, 3.05) is 19.2 Å². The summed E-state index contributed by atoms with van der Waals surface area (Å²) < 4.78 is 24.4. The maximum absolute atomic E-state index is 13.8. The molecule has 0 unspecified atom stereocenters. The lowest BCUT2D eigenvalue weighted by Gasteiger charge is -2.24. The molecule has 0 bridgehead atoms. The van der Waals surface area contributed by atoms with Crippen LogP contribution in [0.2, 0.25) is 0 Å². The van der Waals surface area contributed by atoms with Gasteiger partial charge in [0.25, 0.3) is 0 Å². The van der Waals surface area contributed by atoms with Crippen LogP contribution in [0.25, 0.3) is 0 Å². The van der Waals surface area contributed by atoms with Gasteiger partial charge in [0.1, 0.15) is 17.3 Å². The van der Waals surface area contributed by atoms with E-state index in [1.54, 1.807) is 20.3 Å². The third-order valence-electron chi connectivity index (χ3n) is 4.91. The van der Waals surface area contributed by atoms with Gasteiger partial charge >= 0.3 is 0 Å². The van der Waals surface area contributed by atoms with E-state index < -0.39 is 0 Å². The molecule has 0 radical (unpaired) electrons. The van der Waals surface area contributed by atoms with Crippen molar-refractivity contribution in [2.45, 2.75) is 12.5 Å². The fourth-order valence-electron chi connectivity index (χ4n) is 3.41. The number of hydrogen-bond acceptors (Lipinski definition) is 4. The predicted molar refractivity (Wildman–Crippen MR) is 109 cm³/mol. The van der Waals surface area contributed by atoms with Crippen molar-refractivity contribution in [3.05, 3.63) is 89.7 Å². The lowest BCUT2D eigenvalue weighted by atomic mass is 9.98. The molecule has 0 aromatic heterocycles. The number of hydrazone groups is 1. The van der Waals surface area contributed by atoms with Crippen molar-refractivity contribution < 1.29 is 13.9 Å². The summed E-state index contributed by atoms with van der Waals surface area (Å²) in [5, 5.41) is 6.73. The van der Waals surface area contributed by atoms with Gasteiger partial charge in [-0.05, 0) is 65.7 Å². The number of ether oxygens (including phenoxy) is 2. The average Bonchev–Trinajstić information content (AvgIpc) is 3.19. The zero-order valence-corrected chi connectivity index (χ0v) is 15.8. The minimum Gasteiger partial charge on any atom is -0.497 e. The molecule has 142 valence electrons. The van der Waals surface area contributed by atoms with Gasteiger partial charge in [-0.2, -0.15) is 5.10 Å². The molecule has 1 aliphatic rings. The molecule has 0 saturated carbocycles. The van der Waals surface area contributed by atoms with Crippen molar-refractivity contribution in [1.29, 1.82) is 0 Å². The molecule has 0 N–H and O–H groups in total. The molecule has 0 amide bonds. The maximum atomic E-state index is 13.8. The lowest BCUT2D eigenvalue weighted by molar-refractivity contribution is 0.414. The van der Waals surface area contributed by atoms with E-state index in [1.165, 1.54) is 12.1 Å². The summed E-state index contributed by atoms with van der Waals surface area (Å²) in [6.07, 6.45) is 0.717. The van der Waals surface area contributed by atoms with Gasteiger partial charge in [-0.3, -0.25) is 5.01 Å². The van der Waals surface area contributed by atoms with Crippen molar-refractivity contribution in [1.82, 2.24) is 0 Å². The van der Waals surface area contributed by atoms with E-state index in [4.69, 9.17) is 14.6 Å². The zero-order chi connectivity index (χ0) is 19.5. The Kier molecular flexibility index (Phi) is 4.98. The van der Waals surface area contributed by atoms with Gasteiger partial charge in [0, 0.05) is 6.42 Å². The Morgan fingerprint density at radius 2 is 1.54 bits per heavy atom. The molecule has 1 atom stereocenters. The van der Waals surface area contributed by atoms with Crippen LogP contribution in [-0.4, -0.2) is 19.9 Å². The number of rotatable bonds is 5. The van der Waals surface area contributed by atoms with Gasteiger partial charge in [-0.25, -0.2) is 4.39 Å². The van der Waals surface area contributed by atoms with Crippen LogP contribution in [-0.2, 0) is 0 Å². The van der Waals surface area contributed by atoms with Crippen molar-refractivity contribution >= 4 is 11.4 Å². The van der Waals surface area contributed by atoms with Gasteiger partial charge < -0.3 is 9.47 Å². The van der Waals surface area contributed by atoms with Crippen molar-refractivity contribution in [3.63, 3.8) is 0 Å². The van der Waals surface area contributed by atoms with Crippen LogP contribution in [0.5, 0.6) is 11.5 Å². The largest absolute Gasteiger partial charge is 0.497 e. The minimum atomic E-state index is -0.279. The summed E-state index contributed by atoms with van der Waals surface area (Å²) >= 11 is 0. The van der Waals surface area contributed by atoms with Crippen LogP contribution >= 0.6 is 0 Å². The number of halogens is 1. The quantitative estimate of drug-likeness (QED) is 0.614. The highest BCUT2D eigenvalue weighted by molar-refractivity contribution is 6.03. The van der Waals surface area contributed by atoms with Crippen LogP contribution in [0.15, 0.2) is 77.9 Å². The average molecular weight is 376 g/mol. The van der Waals surface area contributed by atoms with E-state index in [9.17, 15) is 4.39 Å². The van der Waals surface area contributed by atoms with Gasteiger partial charge in [-0.15, -0.1) is 0 Å². The highest BCUT2D eigenvalue weighted by Gasteiger charge is 2.30. The molecular formula is C23H21FN2O2. The molecule has 1 aliphatic heterocycles. The molecule has 3 aromatic carbocycles. The maximum Gasteiger partial charge on any atom is 0.125 e. The SMILES string of the molecule is COc1ccc(C2=NN(c3cccc(F)c3)[C@H](c3ccc(OC)cc3)C2)cc1. The molecular weight excluding hydrogens is 355 g/mol. The monoisotopic (exact) mass is 376 g/mol. The van der Waals surface area contributed by atoms with E-state index in [1.807, 2.05) is 59.6 Å². The first kappa shape index (κ1) is 18.0. The second-order valence-electron chi connectivity index (χ2n) is 6.59. The van der Waals surface area contributed by atoms with Gasteiger partial charge in [0.2, 0.25) is 0 Å². The summed E-state index contributed by atoms with van der Waals surface area (Å²) in [6.45, 7) is 0. The van der Waals surface area contributed by atoms with Gasteiger partial charge in [-0.1, -0.05) is 18.2 Å². The molecule has 3 aromatic rings. The highest BCUT2D eigenvalue weighted by Crippen LogP contribution is 2.37. The zero-order valence-electron chi connectivity index (χ0n) is 15.8. The molecule has 0 aliphatic carbocycles. The number of hydrogen-bond donors (Lipinski definition) is 0. The molecule has 5 heteroatoms.